The van der Waals surface area contributed by atoms with E-state index in [2.05, 4.69) is 52.9 Å². The third kappa shape index (κ3) is 3.98. The number of thiophene rings is 1. The average molecular weight is 375 g/mol. The molecular formula is C22H22N4S. The van der Waals surface area contributed by atoms with Crippen LogP contribution in [0.1, 0.15) is 23.2 Å². The largest absolute Gasteiger partial charge is 0.369 e. The number of aromatic nitrogens is 3. The first kappa shape index (κ1) is 17.6. The lowest BCUT2D eigenvalue weighted by Gasteiger charge is -2.10. The van der Waals surface area contributed by atoms with E-state index < -0.39 is 0 Å². The van der Waals surface area contributed by atoms with Crippen molar-refractivity contribution in [2.24, 2.45) is 0 Å². The van der Waals surface area contributed by atoms with Crippen LogP contribution in [0.3, 0.4) is 0 Å². The molecule has 0 amide bonds. The Labute approximate surface area is 163 Å². The van der Waals surface area contributed by atoms with Gasteiger partial charge in [0.1, 0.15) is 16.3 Å². The van der Waals surface area contributed by atoms with Gasteiger partial charge in [-0.25, -0.2) is 15.0 Å². The van der Waals surface area contributed by atoms with Gasteiger partial charge in [0.25, 0.3) is 0 Å². The predicted molar refractivity (Wildman–Crippen MR) is 113 cm³/mol. The second-order valence-electron chi connectivity index (χ2n) is 6.67. The van der Waals surface area contributed by atoms with E-state index in [4.69, 9.17) is 9.97 Å². The lowest BCUT2D eigenvalue weighted by molar-refractivity contribution is 0.859. The van der Waals surface area contributed by atoms with Crippen LogP contribution in [-0.4, -0.2) is 21.5 Å². The molecule has 0 atom stereocenters. The monoisotopic (exact) mass is 374 g/mol. The molecule has 0 spiro atoms. The predicted octanol–water partition coefficient (Wildman–Crippen LogP) is 5.41. The molecule has 5 heteroatoms. The molecular weight excluding hydrogens is 352 g/mol. The van der Waals surface area contributed by atoms with Crippen LogP contribution < -0.4 is 5.32 Å². The van der Waals surface area contributed by atoms with Gasteiger partial charge in [-0.2, -0.15) is 0 Å². The molecule has 0 unspecified atom stereocenters. The SMILES string of the molecule is Cc1cccc(-c2nc(NCCCc3ccccc3)c3c(C)csc3n2)n1. The lowest BCUT2D eigenvalue weighted by atomic mass is 10.1. The molecule has 0 aliphatic carbocycles. The zero-order valence-electron chi connectivity index (χ0n) is 15.6. The molecule has 0 aliphatic heterocycles. The molecule has 1 N–H and O–H groups in total. The molecule has 3 aromatic heterocycles. The number of nitrogens with one attached hydrogen (secondary N) is 1. The van der Waals surface area contributed by atoms with E-state index in [9.17, 15) is 0 Å². The van der Waals surface area contributed by atoms with Gasteiger partial charge in [-0.1, -0.05) is 36.4 Å². The number of hydrogen-bond donors (Lipinski definition) is 1. The fourth-order valence-electron chi connectivity index (χ4n) is 3.14. The van der Waals surface area contributed by atoms with Crippen molar-refractivity contribution in [1.29, 1.82) is 0 Å². The maximum Gasteiger partial charge on any atom is 0.181 e. The van der Waals surface area contributed by atoms with Gasteiger partial charge in [0.15, 0.2) is 5.82 Å². The maximum absolute atomic E-state index is 4.81. The number of nitrogens with zero attached hydrogens (tertiary/aromatic N) is 3. The first-order valence-corrected chi connectivity index (χ1v) is 10.1. The minimum atomic E-state index is 0.679. The van der Waals surface area contributed by atoms with Crippen molar-refractivity contribution in [3.63, 3.8) is 0 Å². The highest BCUT2D eigenvalue weighted by Crippen LogP contribution is 2.31. The molecule has 0 saturated carbocycles. The molecule has 27 heavy (non-hydrogen) atoms. The van der Waals surface area contributed by atoms with Crippen LogP contribution in [0.4, 0.5) is 5.82 Å². The Bertz CT molecular complexity index is 1060. The van der Waals surface area contributed by atoms with Crippen LogP contribution in [0.2, 0.25) is 0 Å². The van der Waals surface area contributed by atoms with Crippen molar-refractivity contribution in [2.45, 2.75) is 26.7 Å². The summed E-state index contributed by atoms with van der Waals surface area (Å²) < 4.78 is 0. The smallest absolute Gasteiger partial charge is 0.181 e. The Kier molecular flexibility index (Phi) is 5.12. The molecule has 1 aromatic carbocycles. The molecule has 0 saturated heterocycles. The van der Waals surface area contributed by atoms with Gasteiger partial charge in [-0.3, -0.25) is 0 Å². The van der Waals surface area contributed by atoms with Gasteiger partial charge in [-0.15, -0.1) is 11.3 Å². The van der Waals surface area contributed by atoms with Crippen LogP contribution in [0, 0.1) is 13.8 Å². The van der Waals surface area contributed by atoms with Crippen LogP contribution in [0.15, 0.2) is 53.9 Å². The molecule has 136 valence electrons. The normalized spacial score (nSPS) is 11.0. The highest BCUT2D eigenvalue weighted by molar-refractivity contribution is 7.17. The summed E-state index contributed by atoms with van der Waals surface area (Å²) in [6.45, 7) is 4.97. The number of anilines is 1. The van der Waals surface area contributed by atoms with Gasteiger partial charge in [0, 0.05) is 12.2 Å². The fourth-order valence-corrected chi connectivity index (χ4v) is 4.06. The minimum Gasteiger partial charge on any atom is -0.369 e. The van der Waals surface area contributed by atoms with E-state index in [1.807, 2.05) is 25.1 Å². The number of benzene rings is 1. The highest BCUT2D eigenvalue weighted by Gasteiger charge is 2.13. The van der Waals surface area contributed by atoms with Crippen molar-refractivity contribution in [3.8, 4) is 11.5 Å². The first-order chi connectivity index (χ1) is 13.2. The standard InChI is InChI=1S/C22H22N4S/c1-15-14-27-22-19(15)21(23-13-7-11-17-9-4-3-5-10-17)25-20(26-22)18-12-6-8-16(2)24-18/h3-6,8-10,12,14H,7,11,13H2,1-2H3,(H,23,25,26). The topological polar surface area (TPSA) is 50.7 Å². The summed E-state index contributed by atoms with van der Waals surface area (Å²) >= 11 is 1.66. The van der Waals surface area contributed by atoms with Crippen molar-refractivity contribution in [2.75, 3.05) is 11.9 Å². The van der Waals surface area contributed by atoms with Gasteiger partial charge in [-0.05, 0) is 55.3 Å². The van der Waals surface area contributed by atoms with Gasteiger partial charge < -0.3 is 5.32 Å². The molecule has 4 nitrogen and oxygen atoms in total. The second-order valence-corrected chi connectivity index (χ2v) is 7.53. The van der Waals surface area contributed by atoms with Crippen molar-refractivity contribution < 1.29 is 0 Å². The van der Waals surface area contributed by atoms with Crippen LogP contribution in [0.25, 0.3) is 21.7 Å². The average Bonchev–Trinajstić information content (AvgIpc) is 3.07. The fraction of sp³-hybridized carbons (Fsp3) is 0.227. The second kappa shape index (κ2) is 7.84. The number of hydrogen-bond acceptors (Lipinski definition) is 5. The third-order valence-corrected chi connectivity index (χ3v) is 5.50. The van der Waals surface area contributed by atoms with Gasteiger partial charge >= 0.3 is 0 Å². The quantitative estimate of drug-likeness (QED) is 0.458. The van der Waals surface area contributed by atoms with Crippen molar-refractivity contribution >= 4 is 27.4 Å². The van der Waals surface area contributed by atoms with Crippen LogP contribution in [-0.2, 0) is 6.42 Å². The highest BCUT2D eigenvalue weighted by atomic mass is 32.1. The summed E-state index contributed by atoms with van der Waals surface area (Å²) in [6.07, 6.45) is 2.10. The maximum atomic E-state index is 4.81. The molecule has 3 heterocycles. The van der Waals surface area contributed by atoms with Gasteiger partial charge in [0.2, 0.25) is 0 Å². The molecule has 0 fully saturated rings. The van der Waals surface area contributed by atoms with Crippen LogP contribution in [0.5, 0.6) is 0 Å². The van der Waals surface area contributed by atoms with Crippen molar-refractivity contribution in [1.82, 2.24) is 15.0 Å². The van der Waals surface area contributed by atoms with Crippen molar-refractivity contribution in [3.05, 3.63) is 70.7 Å². The zero-order chi connectivity index (χ0) is 18.6. The minimum absolute atomic E-state index is 0.679. The number of fused-ring (bicyclic) bond motifs is 1. The van der Waals surface area contributed by atoms with E-state index in [-0.39, 0.29) is 0 Å². The first-order valence-electron chi connectivity index (χ1n) is 9.18. The Hall–Kier alpha value is -2.79. The summed E-state index contributed by atoms with van der Waals surface area (Å²) in [6, 6.07) is 16.5. The van der Waals surface area contributed by atoms with E-state index in [0.717, 1.165) is 46.8 Å². The summed E-state index contributed by atoms with van der Waals surface area (Å²) in [4.78, 5) is 15.2. The number of aryl methyl sites for hydroxylation is 3. The Morgan fingerprint density at radius 3 is 2.59 bits per heavy atom. The summed E-state index contributed by atoms with van der Waals surface area (Å²) in [5.74, 6) is 1.59. The molecule has 4 aromatic rings. The van der Waals surface area contributed by atoms with E-state index in [1.165, 1.54) is 11.1 Å². The van der Waals surface area contributed by atoms with Gasteiger partial charge in [0.05, 0.1) is 5.39 Å². The molecule has 0 aliphatic rings. The molecule has 0 bridgehead atoms. The van der Waals surface area contributed by atoms with E-state index in [0.29, 0.717) is 5.82 Å². The number of pyridine rings is 1. The zero-order valence-corrected chi connectivity index (χ0v) is 16.4. The molecule has 4 rings (SSSR count). The molecule has 0 radical (unpaired) electrons. The summed E-state index contributed by atoms with van der Waals surface area (Å²) in [5, 5.41) is 6.80. The Morgan fingerprint density at radius 1 is 0.926 bits per heavy atom. The number of rotatable bonds is 6. The van der Waals surface area contributed by atoms with Crippen LogP contribution >= 0.6 is 11.3 Å². The summed E-state index contributed by atoms with van der Waals surface area (Å²) in [5.41, 5.74) is 4.36. The van der Waals surface area contributed by atoms with E-state index in [1.54, 1.807) is 11.3 Å². The summed E-state index contributed by atoms with van der Waals surface area (Å²) in [7, 11) is 0. The van der Waals surface area contributed by atoms with E-state index >= 15 is 0 Å². The lowest BCUT2D eigenvalue weighted by Crippen LogP contribution is -2.07. The third-order valence-electron chi connectivity index (χ3n) is 4.51. The Balaban J connectivity index is 1.57. The Morgan fingerprint density at radius 2 is 1.78 bits per heavy atom.